The van der Waals surface area contributed by atoms with Gasteiger partial charge in [-0.15, -0.1) is 11.8 Å². The molecule has 0 fully saturated rings. The molecule has 0 radical (unpaired) electrons. The number of carbonyl (C=O) groups is 2. The second-order valence-corrected chi connectivity index (χ2v) is 5.86. The van der Waals surface area contributed by atoms with Crippen LogP contribution in [0.1, 0.15) is 13.8 Å². The van der Waals surface area contributed by atoms with Gasteiger partial charge in [0.2, 0.25) is 5.91 Å². The normalized spacial score (nSPS) is 10.3. The molecule has 3 amide bonds. The Morgan fingerprint density at radius 3 is 2.71 bits per heavy atom. The molecule has 1 aromatic carbocycles. The fourth-order valence-corrected chi connectivity index (χ4v) is 2.21. The van der Waals surface area contributed by atoms with E-state index in [4.69, 9.17) is 10.5 Å². The first-order valence-electron chi connectivity index (χ1n) is 6.56. The lowest BCUT2D eigenvalue weighted by molar-refractivity contribution is -0.117. The van der Waals surface area contributed by atoms with Crippen LogP contribution < -0.4 is 21.1 Å². The molecule has 0 aliphatic carbocycles. The lowest BCUT2D eigenvalue weighted by Crippen LogP contribution is -2.41. The van der Waals surface area contributed by atoms with Gasteiger partial charge in [-0.25, -0.2) is 4.79 Å². The fraction of sp³-hybridized carbons (Fsp3) is 0.429. The summed E-state index contributed by atoms with van der Waals surface area (Å²) >= 11 is 1.25. The number of rotatable bonds is 6. The first-order valence-corrected chi connectivity index (χ1v) is 7.55. The molecule has 1 aromatic rings. The molecule has 7 heteroatoms. The number of amides is 3. The maximum absolute atomic E-state index is 11.7. The summed E-state index contributed by atoms with van der Waals surface area (Å²) in [6, 6.07) is 4.74. The summed E-state index contributed by atoms with van der Waals surface area (Å²) in [5, 5.41) is 4.89. The number of nitrogens with one attached hydrogen (secondary N) is 2. The molecule has 0 heterocycles. The van der Waals surface area contributed by atoms with Gasteiger partial charge in [-0.05, 0) is 24.1 Å². The average molecular weight is 311 g/mol. The Balaban J connectivity index is 2.44. The maximum Gasteiger partial charge on any atom is 0.321 e. The summed E-state index contributed by atoms with van der Waals surface area (Å²) < 4.78 is 5.10. The molecule has 0 saturated carbocycles. The van der Waals surface area contributed by atoms with E-state index in [9.17, 15) is 9.59 Å². The number of carbonyl (C=O) groups excluding carboxylic acids is 2. The SMILES string of the molecule is COc1ccc(N)c(SCC(=O)NC(=O)NCC(C)C)c1. The molecule has 4 N–H and O–H groups in total. The zero-order valence-electron chi connectivity index (χ0n) is 12.4. The fourth-order valence-electron chi connectivity index (χ4n) is 1.41. The molecule has 116 valence electrons. The van der Waals surface area contributed by atoms with Gasteiger partial charge in [0.05, 0.1) is 12.9 Å². The van der Waals surface area contributed by atoms with Crippen molar-refractivity contribution in [3.05, 3.63) is 18.2 Å². The molecular formula is C14H21N3O3S. The van der Waals surface area contributed by atoms with E-state index in [-0.39, 0.29) is 11.7 Å². The van der Waals surface area contributed by atoms with Gasteiger partial charge in [0, 0.05) is 17.1 Å². The van der Waals surface area contributed by atoms with Crippen LogP contribution in [-0.2, 0) is 4.79 Å². The summed E-state index contributed by atoms with van der Waals surface area (Å²) in [6.07, 6.45) is 0. The van der Waals surface area contributed by atoms with E-state index in [0.29, 0.717) is 23.9 Å². The van der Waals surface area contributed by atoms with Crippen molar-refractivity contribution in [3.63, 3.8) is 0 Å². The minimum absolute atomic E-state index is 0.104. The number of nitrogen functional groups attached to an aromatic ring is 1. The number of nitrogens with two attached hydrogens (primary N) is 1. The van der Waals surface area contributed by atoms with Crippen LogP contribution in [0.25, 0.3) is 0 Å². The topological polar surface area (TPSA) is 93.4 Å². The van der Waals surface area contributed by atoms with Crippen LogP contribution in [0.5, 0.6) is 5.75 Å². The summed E-state index contributed by atoms with van der Waals surface area (Å²) in [5.74, 6) is 0.731. The van der Waals surface area contributed by atoms with E-state index in [0.717, 1.165) is 4.90 Å². The molecule has 0 aromatic heterocycles. The molecule has 1 rings (SSSR count). The highest BCUT2D eigenvalue weighted by molar-refractivity contribution is 8.00. The van der Waals surface area contributed by atoms with Crippen LogP contribution in [0, 0.1) is 5.92 Å². The van der Waals surface area contributed by atoms with Crippen molar-refractivity contribution in [2.24, 2.45) is 5.92 Å². The van der Waals surface area contributed by atoms with Crippen molar-refractivity contribution in [2.75, 3.05) is 25.1 Å². The van der Waals surface area contributed by atoms with E-state index < -0.39 is 6.03 Å². The van der Waals surface area contributed by atoms with E-state index in [1.807, 2.05) is 13.8 Å². The summed E-state index contributed by atoms with van der Waals surface area (Å²) in [4.78, 5) is 23.9. The average Bonchev–Trinajstić information content (AvgIpc) is 2.44. The van der Waals surface area contributed by atoms with Gasteiger partial charge in [0.25, 0.3) is 0 Å². The summed E-state index contributed by atoms with van der Waals surface area (Å²) in [6.45, 7) is 4.47. The number of imide groups is 1. The highest BCUT2D eigenvalue weighted by atomic mass is 32.2. The van der Waals surface area contributed by atoms with Gasteiger partial charge in [0.15, 0.2) is 0 Å². The zero-order chi connectivity index (χ0) is 15.8. The molecule has 6 nitrogen and oxygen atoms in total. The number of hydrogen-bond acceptors (Lipinski definition) is 5. The third-order valence-electron chi connectivity index (χ3n) is 2.50. The van der Waals surface area contributed by atoms with Crippen molar-refractivity contribution >= 4 is 29.4 Å². The van der Waals surface area contributed by atoms with Crippen molar-refractivity contribution in [3.8, 4) is 5.75 Å². The number of anilines is 1. The van der Waals surface area contributed by atoms with Gasteiger partial charge >= 0.3 is 6.03 Å². The zero-order valence-corrected chi connectivity index (χ0v) is 13.3. The summed E-state index contributed by atoms with van der Waals surface area (Å²) in [5.41, 5.74) is 6.39. The Labute approximate surface area is 128 Å². The Bertz CT molecular complexity index is 506. The molecule has 0 saturated heterocycles. The van der Waals surface area contributed by atoms with Crippen molar-refractivity contribution < 1.29 is 14.3 Å². The second-order valence-electron chi connectivity index (χ2n) is 4.84. The molecular weight excluding hydrogens is 290 g/mol. The van der Waals surface area contributed by atoms with Crippen molar-refractivity contribution in [2.45, 2.75) is 18.7 Å². The predicted octanol–water partition coefficient (Wildman–Crippen LogP) is 1.85. The molecule has 0 unspecified atom stereocenters. The number of thioether (sulfide) groups is 1. The number of benzene rings is 1. The smallest absolute Gasteiger partial charge is 0.321 e. The quantitative estimate of drug-likeness (QED) is 0.551. The van der Waals surface area contributed by atoms with Crippen LogP contribution in [0.15, 0.2) is 23.1 Å². The van der Waals surface area contributed by atoms with Crippen LogP contribution >= 0.6 is 11.8 Å². The lowest BCUT2D eigenvalue weighted by atomic mass is 10.2. The Hall–Kier alpha value is -1.89. The Morgan fingerprint density at radius 1 is 1.38 bits per heavy atom. The van der Waals surface area contributed by atoms with E-state index in [2.05, 4.69) is 10.6 Å². The van der Waals surface area contributed by atoms with Crippen LogP contribution in [-0.4, -0.2) is 31.3 Å². The van der Waals surface area contributed by atoms with E-state index in [1.165, 1.54) is 11.8 Å². The first kappa shape index (κ1) is 17.2. The summed E-state index contributed by atoms with van der Waals surface area (Å²) in [7, 11) is 1.56. The minimum atomic E-state index is -0.479. The van der Waals surface area contributed by atoms with Crippen molar-refractivity contribution in [1.82, 2.24) is 10.6 Å². The molecule has 0 spiro atoms. The Kier molecular flexibility index (Phi) is 6.87. The number of urea groups is 1. The third-order valence-corrected chi connectivity index (χ3v) is 3.57. The number of hydrogen-bond donors (Lipinski definition) is 3. The molecule has 0 atom stereocenters. The highest BCUT2D eigenvalue weighted by Crippen LogP contribution is 2.28. The monoisotopic (exact) mass is 311 g/mol. The van der Waals surface area contributed by atoms with Gasteiger partial charge in [-0.3, -0.25) is 10.1 Å². The number of ether oxygens (including phenoxy) is 1. The lowest BCUT2D eigenvalue weighted by Gasteiger charge is -2.09. The first-order chi connectivity index (χ1) is 9.92. The van der Waals surface area contributed by atoms with E-state index in [1.54, 1.807) is 25.3 Å². The van der Waals surface area contributed by atoms with Gasteiger partial charge in [0.1, 0.15) is 5.75 Å². The van der Waals surface area contributed by atoms with Crippen LogP contribution in [0.3, 0.4) is 0 Å². The van der Waals surface area contributed by atoms with Gasteiger partial charge < -0.3 is 15.8 Å². The van der Waals surface area contributed by atoms with E-state index >= 15 is 0 Å². The number of methoxy groups -OCH3 is 1. The Morgan fingerprint density at radius 2 is 2.10 bits per heavy atom. The van der Waals surface area contributed by atoms with Gasteiger partial charge in [-0.2, -0.15) is 0 Å². The molecule has 21 heavy (non-hydrogen) atoms. The maximum atomic E-state index is 11.7. The highest BCUT2D eigenvalue weighted by Gasteiger charge is 2.10. The third kappa shape index (κ3) is 6.40. The van der Waals surface area contributed by atoms with Crippen LogP contribution in [0.2, 0.25) is 0 Å². The second kappa shape index (κ2) is 8.41. The minimum Gasteiger partial charge on any atom is -0.497 e. The van der Waals surface area contributed by atoms with Crippen LogP contribution in [0.4, 0.5) is 10.5 Å². The van der Waals surface area contributed by atoms with Crippen molar-refractivity contribution in [1.29, 1.82) is 0 Å². The predicted molar refractivity (Wildman–Crippen MR) is 84.5 cm³/mol. The van der Waals surface area contributed by atoms with Gasteiger partial charge in [-0.1, -0.05) is 13.8 Å². The molecule has 0 aliphatic rings. The molecule has 0 aliphatic heterocycles. The largest absolute Gasteiger partial charge is 0.497 e. The standard InChI is InChI=1S/C14H21N3O3S/c1-9(2)7-16-14(19)17-13(18)8-21-12-6-10(20-3)4-5-11(12)15/h4-6,9H,7-8,15H2,1-3H3,(H2,16,17,18,19). The molecule has 0 bridgehead atoms.